The molecule has 0 amide bonds. The van der Waals surface area contributed by atoms with Crippen LogP contribution in [0.4, 0.5) is 5.69 Å². The van der Waals surface area contributed by atoms with Gasteiger partial charge in [-0.2, -0.15) is 0 Å². The Morgan fingerprint density at radius 1 is 1.31 bits per heavy atom. The van der Waals surface area contributed by atoms with E-state index in [2.05, 4.69) is 30.1 Å². The number of rotatable bonds is 3. The van der Waals surface area contributed by atoms with Gasteiger partial charge in [0.1, 0.15) is 0 Å². The largest absolute Gasteiger partial charge is 0.395 e. The number of aliphatic hydroxyl groups is 1. The molecule has 84 valence electrons. The van der Waals surface area contributed by atoms with E-state index in [1.807, 2.05) is 24.2 Å². The molecule has 1 aromatic heterocycles. The van der Waals surface area contributed by atoms with Gasteiger partial charge in [0.15, 0.2) is 0 Å². The molecular formula is C13H16N2O. The van der Waals surface area contributed by atoms with Crippen LogP contribution in [0.2, 0.25) is 0 Å². The fourth-order valence-corrected chi connectivity index (χ4v) is 1.85. The van der Waals surface area contributed by atoms with E-state index in [1.165, 1.54) is 5.56 Å². The van der Waals surface area contributed by atoms with Crippen LogP contribution in [0.25, 0.3) is 10.9 Å². The predicted molar refractivity (Wildman–Crippen MR) is 66.8 cm³/mol. The Kier molecular flexibility index (Phi) is 3.06. The topological polar surface area (TPSA) is 36.4 Å². The molecule has 3 heteroatoms. The van der Waals surface area contributed by atoms with Crippen LogP contribution in [0.3, 0.4) is 0 Å². The number of likely N-dealkylation sites (N-methyl/N-ethyl adjacent to an activating group) is 1. The number of fused-ring (bicyclic) bond motifs is 1. The molecule has 0 fully saturated rings. The lowest BCUT2D eigenvalue weighted by Crippen LogP contribution is -2.21. The van der Waals surface area contributed by atoms with Crippen LogP contribution in [0.15, 0.2) is 30.5 Å². The molecule has 0 radical (unpaired) electrons. The van der Waals surface area contributed by atoms with Crippen LogP contribution in [0.5, 0.6) is 0 Å². The molecule has 0 aliphatic carbocycles. The molecule has 16 heavy (non-hydrogen) atoms. The summed E-state index contributed by atoms with van der Waals surface area (Å²) < 4.78 is 0. The van der Waals surface area contributed by atoms with E-state index in [9.17, 15) is 0 Å². The number of hydrogen-bond donors (Lipinski definition) is 1. The van der Waals surface area contributed by atoms with Crippen LogP contribution in [0.1, 0.15) is 5.56 Å². The minimum atomic E-state index is 0.159. The minimum absolute atomic E-state index is 0.159. The van der Waals surface area contributed by atoms with E-state index >= 15 is 0 Å². The maximum absolute atomic E-state index is 8.96. The first-order valence-electron chi connectivity index (χ1n) is 5.40. The second-order valence-electron chi connectivity index (χ2n) is 4.00. The molecule has 0 saturated carbocycles. The number of benzene rings is 1. The molecule has 0 aliphatic heterocycles. The summed E-state index contributed by atoms with van der Waals surface area (Å²) in [6.07, 6.45) is 1.81. The van der Waals surface area contributed by atoms with E-state index in [4.69, 9.17) is 5.11 Å². The van der Waals surface area contributed by atoms with Gasteiger partial charge in [-0.25, -0.2) is 0 Å². The fraction of sp³-hybridized carbons (Fsp3) is 0.308. The van der Waals surface area contributed by atoms with Crippen molar-refractivity contribution in [2.45, 2.75) is 6.92 Å². The van der Waals surface area contributed by atoms with Crippen molar-refractivity contribution < 1.29 is 5.11 Å². The Hall–Kier alpha value is -1.61. The second kappa shape index (κ2) is 4.49. The second-order valence-corrected chi connectivity index (χ2v) is 4.00. The third-order valence-corrected chi connectivity index (χ3v) is 2.72. The van der Waals surface area contributed by atoms with Gasteiger partial charge < -0.3 is 10.0 Å². The Morgan fingerprint density at radius 3 is 2.88 bits per heavy atom. The van der Waals surface area contributed by atoms with Gasteiger partial charge in [0.05, 0.1) is 12.1 Å². The highest BCUT2D eigenvalue weighted by Crippen LogP contribution is 2.24. The molecule has 1 N–H and O–H groups in total. The van der Waals surface area contributed by atoms with Crippen LogP contribution in [-0.4, -0.2) is 30.3 Å². The van der Waals surface area contributed by atoms with E-state index in [0.29, 0.717) is 6.54 Å². The predicted octanol–water partition coefficient (Wildman–Crippen LogP) is 1.97. The first-order valence-corrected chi connectivity index (χ1v) is 5.40. The van der Waals surface area contributed by atoms with E-state index in [1.54, 1.807) is 0 Å². The van der Waals surface area contributed by atoms with Gasteiger partial charge in [0.25, 0.3) is 0 Å². The van der Waals surface area contributed by atoms with Crippen molar-refractivity contribution in [2.24, 2.45) is 0 Å². The Balaban J connectivity index is 2.53. The van der Waals surface area contributed by atoms with Crippen molar-refractivity contribution in [3.63, 3.8) is 0 Å². The number of pyridine rings is 1. The standard InChI is InChI=1S/C13H16N2O/c1-10-3-4-11-12(9-10)14-6-5-13(11)15(2)7-8-16/h3-6,9,16H,7-8H2,1-2H3. The zero-order valence-corrected chi connectivity index (χ0v) is 9.64. The quantitative estimate of drug-likeness (QED) is 0.852. The highest BCUT2D eigenvalue weighted by molar-refractivity contribution is 5.91. The van der Waals surface area contributed by atoms with Gasteiger partial charge in [-0.3, -0.25) is 4.98 Å². The maximum atomic E-state index is 8.96. The lowest BCUT2D eigenvalue weighted by atomic mass is 10.1. The van der Waals surface area contributed by atoms with Gasteiger partial charge in [0, 0.05) is 30.9 Å². The molecule has 0 spiro atoms. The highest BCUT2D eigenvalue weighted by Gasteiger charge is 2.05. The number of aryl methyl sites for hydroxylation is 1. The number of aromatic nitrogens is 1. The van der Waals surface area contributed by atoms with Gasteiger partial charge in [-0.15, -0.1) is 0 Å². The molecule has 0 bridgehead atoms. The fourth-order valence-electron chi connectivity index (χ4n) is 1.85. The first kappa shape index (κ1) is 10.9. The summed E-state index contributed by atoms with van der Waals surface area (Å²) in [7, 11) is 1.98. The minimum Gasteiger partial charge on any atom is -0.395 e. The van der Waals surface area contributed by atoms with Gasteiger partial charge in [0.2, 0.25) is 0 Å². The Labute approximate surface area is 95.3 Å². The van der Waals surface area contributed by atoms with Crippen LogP contribution in [-0.2, 0) is 0 Å². The highest BCUT2D eigenvalue weighted by atomic mass is 16.3. The van der Waals surface area contributed by atoms with Gasteiger partial charge >= 0.3 is 0 Å². The first-order chi connectivity index (χ1) is 7.72. The summed E-state index contributed by atoms with van der Waals surface area (Å²) in [5.74, 6) is 0. The number of hydrogen-bond acceptors (Lipinski definition) is 3. The summed E-state index contributed by atoms with van der Waals surface area (Å²) in [6, 6.07) is 8.22. The van der Waals surface area contributed by atoms with Crippen molar-refractivity contribution in [1.82, 2.24) is 4.98 Å². The SMILES string of the molecule is Cc1ccc2c(N(C)CCO)ccnc2c1. The molecule has 0 unspecified atom stereocenters. The molecule has 2 aromatic rings. The lowest BCUT2D eigenvalue weighted by molar-refractivity contribution is 0.304. The zero-order valence-electron chi connectivity index (χ0n) is 9.64. The Bertz CT molecular complexity index is 496. The summed E-state index contributed by atoms with van der Waals surface area (Å²) in [5, 5.41) is 10.1. The number of anilines is 1. The van der Waals surface area contributed by atoms with Gasteiger partial charge in [-0.05, 0) is 24.6 Å². The Morgan fingerprint density at radius 2 is 2.12 bits per heavy atom. The van der Waals surface area contributed by atoms with Crippen LogP contribution in [0, 0.1) is 6.92 Å². The van der Waals surface area contributed by atoms with Crippen molar-refractivity contribution in [2.75, 3.05) is 25.1 Å². The summed E-state index contributed by atoms with van der Waals surface area (Å²) in [5.41, 5.74) is 3.32. The van der Waals surface area contributed by atoms with E-state index in [0.717, 1.165) is 16.6 Å². The molecule has 0 atom stereocenters. The number of nitrogens with zero attached hydrogens (tertiary/aromatic N) is 2. The van der Waals surface area contributed by atoms with Crippen molar-refractivity contribution in [3.8, 4) is 0 Å². The monoisotopic (exact) mass is 216 g/mol. The average molecular weight is 216 g/mol. The average Bonchev–Trinajstić information content (AvgIpc) is 2.28. The van der Waals surface area contributed by atoms with Crippen LogP contribution < -0.4 is 4.90 Å². The molecular weight excluding hydrogens is 200 g/mol. The molecule has 2 rings (SSSR count). The zero-order chi connectivity index (χ0) is 11.5. The normalized spacial score (nSPS) is 10.7. The van der Waals surface area contributed by atoms with Gasteiger partial charge in [-0.1, -0.05) is 12.1 Å². The molecule has 1 heterocycles. The number of aliphatic hydroxyl groups excluding tert-OH is 1. The molecule has 0 saturated heterocycles. The van der Waals surface area contributed by atoms with Crippen molar-refractivity contribution >= 4 is 16.6 Å². The van der Waals surface area contributed by atoms with E-state index in [-0.39, 0.29) is 6.61 Å². The summed E-state index contributed by atoms with van der Waals surface area (Å²) in [6.45, 7) is 2.85. The molecule has 1 aromatic carbocycles. The molecule has 3 nitrogen and oxygen atoms in total. The van der Waals surface area contributed by atoms with Crippen molar-refractivity contribution in [1.29, 1.82) is 0 Å². The lowest BCUT2D eigenvalue weighted by Gasteiger charge is -2.19. The third kappa shape index (κ3) is 1.99. The summed E-state index contributed by atoms with van der Waals surface area (Å²) >= 11 is 0. The smallest absolute Gasteiger partial charge is 0.0725 e. The summed E-state index contributed by atoms with van der Waals surface area (Å²) in [4.78, 5) is 6.40. The van der Waals surface area contributed by atoms with E-state index < -0.39 is 0 Å². The van der Waals surface area contributed by atoms with Crippen molar-refractivity contribution in [3.05, 3.63) is 36.0 Å². The van der Waals surface area contributed by atoms with Crippen LogP contribution >= 0.6 is 0 Å². The maximum Gasteiger partial charge on any atom is 0.0725 e. The molecule has 0 aliphatic rings. The third-order valence-electron chi connectivity index (χ3n) is 2.72.